The van der Waals surface area contributed by atoms with Crippen LogP contribution in [0.1, 0.15) is 5.56 Å². The number of rotatable bonds is 4. The van der Waals surface area contributed by atoms with Crippen LogP contribution < -0.4 is 10.2 Å². The first-order valence-electron chi connectivity index (χ1n) is 8.51. The van der Waals surface area contributed by atoms with Crippen LogP contribution in [0.15, 0.2) is 64.9 Å². The minimum atomic E-state index is -0.912. The molecule has 27 heavy (non-hydrogen) atoms. The van der Waals surface area contributed by atoms with Crippen molar-refractivity contribution in [1.29, 1.82) is 0 Å². The summed E-state index contributed by atoms with van der Waals surface area (Å²) >= 11 is 0. The van der Waals surface area contributed by atoms with E-state index >= 15 is 0 Å². The monoisotopic (exact) mass is 363 g/mol. The van der Waals surface area contributed by atoms with E-state index in [0.29, 0.717) is 11.4 Å². The summed E-state index contributed by atoms with van der Waals surface area (Å²) < 4.78 is 0. The highest BCUT2D eigenvalue weighted by molar-refractivity contribution is 6.25. The minimum Gasteiger partial charge on any atom is -0.324 e. The summed E-state index contributed by atoms with van der Waals surface area (Å²) in [5, 5.41) is 11.8. The van der Waals surface area contributed by atoms with Gasteiger partial charge >= 0.3 is 0 Å². The number of imide groups is 1. The van der Waals surface area contributed by atoms with Crippen LogP contribution in [0.5, 0.6) is 0 Å². The number of nitrogens with one attached hydrogen (secondary N) is 1. The summed E-state index contributed by atoms with van der Waals surface area (Å²) in [5.41, 5.74) is 2.22. The van der Waals surface area contributed by atoms with Gasteiger partial charge in [0.25, 0.3) is 11.8 Å². The second-order valence-electron chi connectivity index (χ2n) is 6.45. The average Bonchev–Trinajstić information content (AvgIpc) is 3.18. The van der Waals surface area contributed by atoms with Crippen molar-refractivity contribution < 1.29 is 14.4 Å². The van der Waals surface area contributed by atoms with E-state index in [9.17, 15) is 14.4 Å². The number of benzene rings is 2. The molecule has 8 nitrogen and oxygen atoms in total. The van der Waals surface area contributed by atoms with Gasteiger partial charge in [0.2, 0.25) is 5.91 Å². The molecule has 2 aromatic carbocycles. The molecule has 8 heteroatoms. The Morgan fingerprint density at radius 3 is 2.44 bits per heavy atom. The zero-order chi connectivity index (χ0) is 19.0. The van der Waals surface area contributed by atoms with E-state index in [4.69, 9.17) is 0 Å². The van der Waals surface area contributed by atoms with Crippen LogP contribution in [-0.4, -0.2) is 41.4 Å². The van der Waals surface area contributed by atoms with Gasteiger partial charge in [0, 0.05) is 5.69 Å². The van der Waals surface area contributed by atoms with Gasteiger partial charge in [0.1, 0.15) is 6.54 Å². The maximum absolute atomic E-state index is 12.8. The second kappa shape index (κ2) is 6.64. The SMILES string of the molecule is Cc1ccc(NC(=O)CN2N=N[C@H]3C(=O)N(c4ccccc4)C(=O)[C@H]32)cc1. The largest absolute Gasteiger partial charge is 0.324 e. The van der Waals surface area contributed by atoms with Crippen molar-refractivity contribution >= 4 is 29.1 Å². The predicted octanol–water partition coefficient (Wildman–Crippen LogP) is 1.93. The zero-order valence-electron chi connectivity index (χ0n) is 14.6. The first kappa shape index (κ1) is 16.9. The molecule has 0 aromatic heterocycles. The Balaban J connectivity index is 1.47. The van der Waals surface area contributed by atoms with E-state index in [-0.39, 0.29) is 12.5 Å². The lowest BCUT2D eigenvalue weighted by atomic mass is 10.1. The number of hydrogen-bond acceptors (Lipinski definition) is 6. The third-order valence-corrected chi connectivity index (χ3v) is 4.51. The van der Waals surface area contributed by atoms with Crippen molar-refractivity contribution in [2.24, 2.45) is 10.3 Å². The van der Waals surface area contributed by atoms with E-state index in [0.717, 1.165) is 10.5 Å². The Bertz CT molecular complexity index is 926. The number of carbonyl (C=O) groups excluding carboxylic acids is 3. The molecule has 2 heterocycles. The van der Waals surface area contributed by atoms with Gasteiger partial charge in [-0.15, -0.1) is 0 Å². The zero-order valence-corrected chi connectivity index (χ0v) is 14.6. The van der Waals surface area contributed by atoms with Crippen LogP contribution in [0.4, 0.5) is 11.4 Å². The van der Waals surface area contributed by atoms with Crippen LogP contribution >= 0.6 is 0 Å². The molecular formula is C19H17N5O3. The maximum atomic E-state index is 12.8. The smallest absolute Gasteiger partial charge is 0.263 e. The minimum absolute atomic E-state index is 0.166. The molecule has 0 radical (unpaired) electrons. The van der Waals surface area contributed by atoms with Gasteiger partial charge in [-0.05, 0) is 31.2 Å². The molecule has 0 aliphatic carbocycles. The van der Waals surface area contributed by atoms with Crippen molar-refractivity contribution in [3.8, 4) is 0 Å². The number of anilines is 2. The number of carbonyl (C=O) groups is 3. The number of para-hydroxylation sites is 1. The van der Waals surface area contributed by atoms with Crippen molar-refractivity contribution in [1.82, 2.24) is 5.01 Å². The molecule has 3 amide bonds. The molecule has 1 N–H and O–H groups in total. The first-order chi connectivity index (χ1) is 13.0. The molecule has 0 spiro atoms. The molecule has 2 aliphatic heterocycles. The Hall–Kier alpha value is -3.55. The highest BCUT2D eigenvalue weighted by atomic mass is 16.2. The van der Waals surface area contributed by atoms with Gasteiger partial charge in [-0.3, -0.25) is 19.4 Å². The van der Waals surface area contributed by atoms with Crippen LogP contribution in [-0.2, 0) is 14.4 Å². The number of hydrogen-bond donors (Lipinski definition) is 1. The molecule has 2 aliphatic rings. The molecule has 2 aromatic rings. The fourth-order valence-electron chi connectivity index (χ4n) is 3.17. The Kier molecular flexibility index (Phi) is 4.15. The highest BCUT2D eigenvalue weighted by Gasteiger charge is 2.55. The quantitative estimate of drug-likeness (QED) is 0.840. The number of amides is 3. The fourth-order valence-corrected chi connectivity index (χ4v) is 3.17. The number of nitrogens with zero attached hydrogens (tertiary/aromatic N) is 4. The van der Waals surface area contributed by atoms with Crippen molar-refractivity contribution in [3.63, 3.8) is 0 Å². The molecule has 0 bridgehead atoms. The van der Waals surface area contributed by atoms with Crippen molar-refractivity contribution in [3.05, 3.63) is 60.2 Å². The molecule has 2 atom stereocenters. The van der Waals surface area contributed by atoms with Gasteiger partial charge in [0.05, 0.1) is 5.69 Å². The van der Waals surface area contributed by atoms with E-state index in [1.165, 1.54) is 5.01 Å². The van der Waals surface area contributed by atoms with E-state index in [2.05, 4.69) is 15.7 Å². The third kappa shape index (κ3) is 3.05. The second-order valence-corrected chi connectivity index (χ2v) is 6.45. The summed E-state index contributed by atoms with van der Waals surface area (Å²) in [5.74, 6) is -1.19. The Morgan fingerprint density at radius 2 is 1.74 bits per heavy atom. The predicted molar refractivity (Wildman–Crippen MR) is 97.9 cm³/mol. The van der Waals surface area contributed by atoms with Gasteiger partial charge in [0.15, 0.2) is 12.1 Å². The lowest BCUT2D eigenvalue weighted by Gasteiger charge is -2.20. The van der Waals surface area contributed by atoms with Crippen LogP contribution in [0.3, 0.4) is 0 Å². The molecular weight excluding hydrogens is 346 g/mol. The Labute approximate surface area is 155 Å². The molecule has 0 unspecified atom stereocenters. The van der Waals surface area contributed by atoms with Crippen LogP contribution in [0.25, 0.3) is 0 Å². The summed E-state index contributed by atoms with van der Waals surface area (Å²) in [6, 6.07) is 14.2. The summed E-state index contributed by atoms with van der Waals surface area (Å²) in [6.07, 6.45) is 0. The molecule has 136 valence electrons. The van der Waals surface area contributed by atoms with E-state index in [1.54, 1.807) is 42.5 Å². The third-order valence-electron chi connectivity index (χ3n) is 4.51. The Morgan fingerprint density at radius 1 is 1.04 bits per heavy atom. The summed E-state index contributed by atoms with van der Waals surface area (Å²) in [7, 11) is 0. The van der Waals surface area contributed by atoms with Gasteiger partial charge < -0.3 is 5.32 Å². The topological polar surface area (TPSA) is 94.4 Å². The van der Waals surface area contributed by atoms with Gasteiger partial charge in [-0.2, -0.15) is 5.11 Å². The van der Waals surface area contributed by atoms with Crippen molar-refractivity contribution in [2.75, 3.05) is 16.8 Å². The lowest BCUT2D eigenvalue weighted by Crippen LogP contribution is -2.43. The molecule has 0 saturated carbocycles. The fraction of sp³-hybridized carbons (Fsp3) is 0.211. The summed E-state index contributed by atoms with van der Waals surface area (Å²) in [4.78, 5) is 38.8. The van der Waals surface area contributed by atoms with Crippen LogP contribution in [0, 0.1) is 6.92 Å². The van der Waals surface area contributed by atoms with E-state index < -0.39 is 23.9 Å². The lowest BCUT2D eigenvalue weighted by molar-refractivity contribution is -0.123. The normalized spacial score (nSPS) is 20.9. The van der Waals surface area contributed by atoms with Gasteiger partial charge in [-0.1, -0.05) is 41.1 Å². The van der Waals surface area contributed by atoms with Gasteiger partial charge in [-0.25, -0.2) is 4.90 Å². The summed E-state index contributed by atoms with van der Waals surface area (Å²) in [6.45, 7) is 1.79. The number of fused-ring (bicyclic) bond motifs is 1. The average molecular weight is 363 g/mol. The maximum Gasteiger partial charge on any atom is 0.263 e. The highest BCUT2D eigenvalue weighted by Crippen LogP contribution is 2.31. The molecule has 1 saturated heterocycles. The van der Waals surface area contributed by atoms with Crippen molar-refractivity contribution in [2.45, 2.75) is 19.0 Å². The van der Waals surface area contributed by atoms with E-state index in [1.807, 2.05) is 19.1 Å². The molecule has 4 rings (SSSR count). The first-order valence-corrected chi connectivity index (χ1v) is 8.51. The standard InChI is InChI=1S/C19H17N5O3/c1-12-7-9-13(10-8-12)20-15(25)11-23-17-16(21-22-23)18(26)24(19(17)27)14-5-3-2-4-6-14/h2-10,16-17H,11H2,1H3,(H,20,25)/t16-,17+/m1/s1. The van der Waals surface area contributed by atoms with Crippen LogP contribution in [0.2, 0.25) is 0 Å². The molecule has 1 fully saturated rings. The number of aryl methyl sites for hydroxylation is 1.